The molecular weight excluding hydrogens is 304 g/mol. The summed E-state index contributed by atoms with van der Waals surface area (Å²) in [5.41, 5.74) is 7.08. The fourth-order valence-corrected chi connectivity index (χ4v) is 3.94. The van der Waals surface area contributed by atoms with Crippen LogP contribution < -0.4 is 11.1 Å². The van der Waals surface area contributed by atoms with Gasteiger partial charge in [-0.3, -0.25) is 0 Å². The molecule has 19 heavy (non-hydrogen) atoms. The highest BCUT2D eigenvalue weighted by molar-refractivity contribution is 9.10. The van der Waals surface area contributed by atoms with Crippen molar-refractivity contribution in [3.8, 4) is 0 Å². The lowest BCUT2D eigenvalue weighted by Gasteiger charge is -2.24. The van der Waals surface area contributed by atoms with Crippen molar-refractivity contribution in [1.29, 1.82) is 0 Å². The first kappa shape index (κ1) is 13.4. The van der Waals surface area contributed by atoms with Gasteiger partial charge in [0.2, 0.25) is 0 Å². The number of nitrogens with two attached hydrogens (primary N) is 1. The molecule has 3 N–H and O–H groups in total. The van der Waals surface area contributed by atoms with Crippen molar-refractivity contribution in [2.75, 3.05) is 18.4 Å². The number of halogens is 1. The Labute approximate surface area is 123 Å². The molecule has 0 aromatic carbocycles. The van der Waals surface area contributed by atoms with E-state index in [2.05, 4.69) is 25.9 Å². The Morgan fingerprint density at radius 2 is 2.05 bits per heavy atom. The third-order valence-electron chi connectivity index (χ3n) is 4.51. The van der Waals surface area contributed by atoms with Gasteiger partial charge in [-0.05, 0) is 34.7 Å². The highest BCUT2D eigenvalue weighted by Crippen LogP contribution is 2.35. The van der Waals surface area contributed by atoms with Crippen LogP contribution in [0.3, 0.4) is 0 Å². The molecule has 1 aromatic heterocycles. The van der Waals surface area contributed by atoms with Gasteiger partial charge in [0.05, 0.1) is 16.2 Å². The molecule has 106 valence electrons. The Kier molecular flexibility index (Phi) is 4.12. The van der Waals surface area contributed by atoms with E-state index in [1.807, 2.05) is 0 Å². The van der Waals surface area contributed by atoms with E-state index in [1.54, 1.807) is 0 Å². The molecule has 0 bridgehead atoms. The summed E-state index contributed by atoms with van der Waals surface area (Å²) in [5.74, 6) is 1.95. The van der Waals surface area contributed by atoms with Crippen LogP contribution in [-0.2, 0) is 6.42 Å². The van der Waals surface area contributed by atoms with Crippen LogP contribution >= 0.6 is 15.9 Å². The number of hydrogen-bond acceptors (Lipinski definition) is 3. The van der Waals surface area contributed by atoms with Gasteiger partial charge in [0.15, 0.2) is 0 Å². The number of anilines is 1. The molecule has 1 aromatic rings. The highest BCUT2D eigenvalue weighted by atomic mass is 79.9. The Balaban J connectivity index is 1.80. The normalized spacial score (nSPS) is 24.0. The van der Waals surface area contributed by atoms with Crippen LogP contribution in [-0.4, -0.2) is 22.9 Å². The van der Waals surface area contributed by atoms with Gasteiger partial charge in [0, 0.05) is 13.1 Å². The molecular formula is C14H23BrN4. The zero-order chi connectivity index (χ0) is 13.2. The molecule has 0 saturated heterocycles. The fraction of sp³-hybridized carbons (Fsp3) is 0.786. The average molecular weight is 327 g/mol. The lowest BCUT2D eigenvalue weighted by atomic mass is 9.86. The molecule has 1 aliphatic heterocycles. The fourth-order valence-electron chi connectivity index (χ4n) is 3.38. The molecule has 1 unspecified atom stereocenters. The van der Waals surface area contributed by atoms with Crippen LogP contribution in [0.5, 0.6) is 0 Å². The molecule has 2 heterocycles. The van der Waals surface area contributed by atoms with Crippen LogP contribution in [0.25, 0.3) is 0 Å². The lowest BCUT2D eigenvalue weighted by molar-refractivity contribution is 0.350. The minimum absolute atomic E-state index is 0.354. The van der Waals surface area contributed by atoms with E-state index in [0.717, 1.165) is 35.6 Å². The Hall–Kier alpha value is -0.550. The number of rotatable bonds is 3. The Morgan fingerprint density at radius 3 is 2.79 bits per heavy atom. The Morgan fingerprint density at radius 1 is 1.26 bits per heavy atom. The number of nitrogens with zero attached hydrogens (tertiary/aromatic N) is 2. The molecule has 1 atom stereocenters. The maximum atomic E-state index is 5.86. The van der Waals surface area contributed by atoms with Gasteiger partial charge >= 0.3 is 0 Å². The third-order valence-corrected chi connectivity index (χ3v) is 5.35. The summed E-state index contributed by atoms with van der Waals surface area (Å²) in [7, 11) is 0. The van der Waals surface area contributed by atoms with Crippen molar-refractivity contribution in [1.82, 2.24) is 9.78 Å². The molecule has 5 heteroatoms. The number of hydrogen-bond donors (Lipinski definition) is 2. The summed E-state index contributed by atoms with van der Waals surface area (Å²) in [6, 6.07) is 0.354. The quantitative estimate of drug-likeness (QED) is 0.897. The van der Waals surface area contributed by atoms with Crippen LogP contribution in [0.4, 0.5) is 5.82 Å². The molecule has 1 aliphatic carbocycles. The summed E-state index contributed by atoms with van der Waals surface area (Å²) in [4.78, 5) is 0. The Bertz CT molecular complexity index is 437. The van der Waals surface area contributed by atoms with Crippen molar-refractivity contribution in [3.63, 3.8) is 0 Å². The maximum absolute atomic E-state index is 5.86. The van der Waals surface area contributed by atoms with Gasteiger partial charge in [-0.1, -0.05) is 32.1 Å². The molecule has 2 aliphatic rings. The van der Waals surface area contributed by atoms with E-state index in [0.29, 0.717) is 12.6 Å². The van der Waals surface area contributed by atoms with Crippen molar-refractivity contribution >= 4 is 21.7 Å². The van der Waals surface area contributed by atoms with Crippen molar-refractivity contribution in [2.45, 2.75) is 51.0 Å². The van der Waals surface area contributed by atoms with Gasteiger partial charge in [-0.15, -0.1) is 0 Å². The van der Waals surface area contributed by atoms with E-state index in [9.17, 15) is 0 Å². The van der Waals surface area contributed by atoms with Crippen molar-refractivity contribution in [3.05, 3.63) is 10.2 Å². The van der Waals surface area contributed by atoms with Crippen LogP contribution in [0.15, 0.2) is 4.47 Å². The summed E-state index contributed by atoms with van der Waals surface area (Å²) in [5, 5.41) is 8.27. The third kappa shape index (κ3) is 2.68. The van der Waals surface area contributed by atoms with Gasteiger partial charge in [0.25, 0.3) is 0 Å². The minimum Gasteiger partial charge on any atom is -0.369 e. The first-order chi connectivity index (χ1) is 9.29. The second-order valence-corrected chi connectivity index (χ2v) is 6.66. The average Bonchev–Trinajstić information content (AvgIpc) is 2.77. The zero-order valence-corrected chi connectivity index (χ0v) is 13.0. The van der Waals surface area contributed by atoms with Crippen molar-refractivity contribution < 1.29 is 0 Å². The van der Waals surface area contributed by atoms with E-state index in [-0.39, 0.29) is 0 Å². The molecule has 0 radical (unpaired) electrons. The number of aromatic nitrogens is 2. The molecule has 0 spiro atoms. The minimum atomic E-state index is 0.354. The SMILES string of the molecule is NCC1CCNc2c(Br)c(CC3CCCCC3)nn21. The van der Waals surface area contributed by atoms with E-state index < -0.39 is 0 Å². The largest absolute Gasteiger partial charge is 0.369 e. The van der Waals surface area contributed by atoms with Crippen LogP contribution in [0, 0.1) is 5.92 Å². The molecule has 0 amide bonds. The molecule has 1 saturated carbocycles. The maximum Gasteiger partial charge on any atom is 0.139 e. The highest BCUT2D eigenvalue weighted by Gasteiger charge is 2.26. The summed E-state index contributed by atoms with van der Waals surface area (Å²) in [6.07, 6.45) is 9.10. The first-order valence-corrected chi connectivity index (χ1v) is 8.29. The number of nitrogens with one attached hydrogen (secondary N) is 1. The number of fused-ring (bicyclic) bond motifs is 1. The van der Waals surface area contributed by atoms with Gasteiger partial charge in [-0.25, -0.2) is 4.68 Å². The van der Waals surface area contributed by atoms with E-state index in [1.165, 1.54) is 37.8 Å². The zero-order valence-electron chi connectivity index (χ0n) is 11.4. The second kappa shape index (κ2) is 5.83. The first-order valence-electron chi connectivity index (χ1n) is 7.50. The summed E-state index contributed by atoms with van der Waals surface area (Å²) < 4.78 is 3.27. The van der Waals surface area contributed by atoms with Crippen LogP contribution in [0.1, 0.15) is 50.3 Å². The van der Waals surface area contributed by atoms with Crippen molar-refractivity contribution in [2.24, 2.45) is 11.7 Å². The van der Waals surface area contributed by atoms with Gasteiger partial charge in [0.1, 0.15) is 5.82 Å². The molecule has 1 fully saturated rings. The molecule has 3 rings (SSSR count). The summed E-state index contributed by atoms with van der Waals surface area (Å²) >= 11 is 3.73. The topological polar surface area (TPSA) is 55.9 Å². The van der Waals surface area contributed by atoms with E-state index >= 15 is 0 Å². The molecule has 4 nitrogen and oxygen atoms in total. The predicted octanol–water partition coefficient (Wildman–Crippen LogP) is 3.08. The lowest BCUT2D eigenvalue weighted by Crippen LogP contribution is -2.28. The standard InChI is InChI=1S/C14H23BrN4/c15-13-12(8-10-4-2-1-3-5-10)18-19-11(9-16)6-7-17-14(13)19/h10-11,17H,1-9,16H2. The van der Waals surface area contributed by atoms with Gasteiger partial charge < -0.3 is 11.1 Å². The monoisotopic (exact) mass is 326 g/mol. The van der Waals surface area contributed by atoms with Crippen LogP contribution in [0.2, 0.25) is 0 Å². The van der Waals surface area contributed by atoms with Gasteiger partial charge in [-0.2, -0.15) is 5.10 Å². The smallest absolute Gasteiger partial charge is 0.139 e. The summed E-state index contributed by atoms with van der Waals surface area (Å²) in [6.45, 7) is 1.67. The predicted molar refractivity (Wildman–Crippen MR) is 81.4 cm³/mol. The second-order valence-electron chi connectivity index (χ2n) is 5.87. The van der Waals surface area contributed by atoms with E-state index in [4.69, 9.17) is 10.8 Å².